The minimum Gasteiger partial charge on any atom is -0.460 e. The van der Waals surface area contributed by atoms with Crippen molar-refractivity contribution in [1.29, 1.82) is 0 Å². The van der Waals surface area contributed by atoms with Crippen LogP contribution in [0.15, 0.2) is 101 Å². The number of aromatic nitrogens is 5. The molecule has 9 rings (SSSR count). The van der Waals surface area contributed by atoms with Crippen LogP contribution in [-0.2, 0) is 113 Å². The standard InChI is InChI=1S/C92H133N9O24/c1-59-17-12-11-13-18-60(2)76(111-8)54-70-28-21-65(7)92(110,125-70)86(107)89(108)100-32-15-14-19-72(100)90(109)123-77(55-73(102)61(3)50-64(6)84(106)85(113-10)83(105)63(5)49-59)62(4)51-68-26-29-75(78(52-68)112-9)122-80(104)20-16-33-114-35-37-116-39-41-118-43-45-120-47-48-121-46-44-119-42-40-117-38-36-115-34-31-79(103)95-56-66-22-24-67(25-23-66)57-101-88-81(87(93)96-58-97-88)82(99-101)69-27-30-74-71(53-69)98-91(94)124-74/h11-13,17-18,22-25,27,30,50,53,58-59,61-63,65,68,70,72,75-78,84-85,106,110H,14-16,19-21,26,28-29,31-49,51-52,54-57H2,1-10H3,(H2,94,98)(H,95,103)(H2,93,96,97)/b13-11+,17-12+,60-18+,64-50+/t59-,61-,62-,63-,65-,68+,70+,72+,75-,76+,77+,78-,84-,85+,92-/m1/s1. The molecule has 1 saturated carbocycles. The van der Waals surface area contributed by atoms with Gasteiger partial charge in [-0.1, -0.05) is 95.3 Å². The number of carbonyl (C=O) groups is 7. The van der Waals surface area contributed by atoms with E-state index in [1.165, 1.54) is 18.3 Å². The minimum atomic E-state index is -2.48. The van der Waals surface area contributed by atoms with Gasteiger partial charge in [0, 0.05) is 90.0 Å². The number of benzene rings is 2. The molecule has 33 heteroatoms. The maximum atomic E-state index is 14.8. The summed E-state index contributed by atoms with van der Waals surface area (Å²) < 4.78 is 88.2. The number of anilines is 2. The SMILES string of the molecule is CO[C@H]1C[C@@H]2CC[C@@H](C)[C@@](O)(O2)C(=O)C(=O)N2CCCC[C@H]2C(=O)O[C@H]([C@H](C)C[C@@H]2CC[C@@H](OC(=O)CCCOCCOCCOCCOCCOCCOCCOCCOCCC(=O)NCc3ccc(Cn4nc(-c5ccc6oc(N)nc6c5)c5c(N)ncnc54)cc3)[C@H](OC)C2)CC(=O)[C@H](C)/C=C(\C)[C@@H](O)[C@@H](OC)C(=O)[C@H](C)C[C@H](C)/C=C/C=C/C=C/1C. The van der Waals surface area contributed by atoms with E-state index < -0.39 is 95.9 Å². The van der Waals surface area contributed by atoms with E-state index in [4.69, 9.17) is 87.3 Å². The van der Waals surface area contributed by atoms with Crippen LogP contribution in [0.25, 0.3) is 33.4 Å². The van der Waals surface area contributed by atoms with Crippen LogP contribution in [0.2, 0.25) is 0 Å². The molecule has 125 heavy (non-hydrogen) atoms. The molecule has 0 spiro atoms. The van der Waals surface area contributed by atoms with Gasteiger partial charge in [0.25, 0.3) is 17.7 Å². The van der Waals surface area contributed by atoms with Crippen molar-refractivity contribution in [3.63, 3.8) is 0 Å². The summed E-state index contributed by atoms with van der Waals surface area (Å²) >= 11 is 0. The Bertz CT molecular complexity index is 4360. The normalized spacial score (nSPS) is 26.7. The van der Waals surface area contributed by atoms with Crippen molar-refractivity contribution >= 4 is 75.1 Å². The number of amides is 2. The van der Waals surface area contributed by atoms with Gasteiger partial charge in [0.05, 0.1) is 129 Å². The quantitative estimate of drug-likeness (QED) is 0.0105. The van der Waals surface area contributed by atoms with E-state index in [2.05, 4.69) is 20.3 Å². The highest BCUT2D eigenvalue weighted by atomic mass is 16.6. The molecule has 3 aromatic heterocycles. The number of Topliss-reactive ketones (excluding diaryl/α,β-unsaturated/α-hetero) is 3. The van der Waals surface area contributed by atoms with Crippen LogP contribution >= 0.6 is 0 Å². The van der Waals surface area contributed by atoms with Gasteiger partial charge >= 0.3 is 11.9 Å². The number of piperidine rings is 1. The first-order valence-electron chi connectivity index (χ1n) is 44.1. The van der Waals surface area contributed by atoms with Crippen LogP contribution in [-0.4, -0.2) is 269 Å². The number of allylic oxidation sites excluding steroid dienone is 6. The summed E-state index contributed by atoms with van der Waals surface area (Å²) in [5, 5.41) is 32.2. The van der Waals surface area contributed by atoms with Gasteiger partial charge in [-0.05, 0) is 143 Å². The second-order valence-corrected chi connectivity index (χ2v) is 33.1. The first kappa shape index (κ1) is 100. The molecule has 7 N–H and O–H groups in total. The topological polar surface area (TPSA) is 426 Å². The fraction of sp³-hybridized carbons (Fsp3) is 0.641. The molecule has 3 fully saturated rings. The van der Waals surface area contributed by atoms with Crippen LogP contribution in [0, 0.1) is 35.5 Å². The molecule has 2 saturated heterocycles. The number of cyclic esters (lactones) is 1. The second kappa shape index (κ2) is 52.0. The Kier molecular flexibility index (Phi) is 41.6. The van der Waals surface area contributed by atoms with Crippen molar-refractivity contribution in [3.05, 3.63) is 108 Å². The summed E-state index contributed by atoms with van der Waals surface area (Å²) in [5.41, 5.74) is 18.3. The number of rotatable bonds is 40. The summed E-state index contributed by atoms with van der Waals surface area (Å²) in [4.78, 5) is 112. The Labute approximate surface area is 732 Å². The third-order valence-corrected chi connectivity index (χ3v) is 23.6. The molecule has 5 aromatic rings. The zero-order chi connectivity index (χ0) is 89.8. The average molecular weight is 1750 g/mol. The lowest BCUT2D eigenvalue weighted by molar-refractivity contribution is -0.265. The molecule has 3 aliphatic heterocycles. The number of hydrogen-bond donors (Lipinski definition) is 5. The van der Waals surface area contributed by atoms with E-state index >= 15 is 0 Å². The Hall–Kier alpha value is -8.65. The first-order valence-corrected chi connectivity index (χ1v) is 44.1. The molecule has 6 heterocycles. The smallest absolute Gasteiger partial charge is 0.329 e. The zero-order valence-electron chi connectivity index (χ0n) is 74.4. The number of carbonyl (C=O) groups excluding carboxylic acids is 7. The number of aliphatic hydroxyl groups is 2. The number of fused-ring (bicyclic) bond motifs is 5. The number of ether oxygens (including phenoxy) is 14. The predicted octanol–water partition coefficient (Wildman–Crippen LogP) is 9.51. The molecular weight excluding hydrogens is 1620 g/mol. The Morgan fingerprint density at radius 1 is 0.696 bits per heavy atom. The summed E-state index contributed by atoms with van der Waals surface area (Å²) in [7, 11) is 4.51. The number of nitrogens with zero attached hydrogens (tertiary/aromatic N) is 6. The first-order chi connectivity index (χ1) is 60.3. The van der Waals surface area contributed by atoms with Gasteiger partial charge < -0.3 is 103 Å². The monoisotopic (exact) mass is 1750 g/mol. The molecule has 2 aromatic carbocycles. The van der Waals surface area contributed by atoms with Crippen LogP contribution < -0.4 is 16.8 Å². The lowest BCUT2D eigenvalue weighted by atomic mass is 9.78. The van der Waals surface area contributed by atoms with Crippen molar-refractivity contribution in [2.75, 3.05) is 145 Å². The Morgan fingerprint density at radius 2 is 1.34 bits per heavy atom. The van der Waals surface area contributed by atoms with Crippen LogP contribution in [0.4, 0.5) is 11.8 Å². The maximum Gasteiger partial charge on any atom is 0.329 e. The second-order valence-electron chi connectivity index (χ2n) is 33.1. The van der Waals surface area contributed by atoms with Gasteiger partial charge in [-0.15, -0.1) is 0 Å². The van der Waals surface area contributed by atoms with E-state index in [-0.39, 0.29) is 86.5 Å². The fourth-order valence-electron chi connectivity index (χ4n) is 16.2. The summed E-state index contributed by atoms with van der Waals surface area (Å²) in [6.07, 6.45) is 12.4. The molecule has 33 nitrogen and oxygen atoms in total. The molecule has 2 bridgehead atoms. The fourth-order valence-corrected chi connectivity index (χ4v) is 16.2. The van der Waals surface area contributed by atoms with Gasteiger partial charge in [-0.2, -0.15) is 10.1 Å². The van der Waals surface area contributed by atoms with Crippen LogP contribution in [0.1, 0.15) is 156 Å². The van der Waals surface area contributed by atoms with Crippen molar-refractivity contribution in [1.82, 2.24) is 34.9 Å². The van der Waals surface area contributed by atoms with E-state index in [1.54, 1.807) is 58.7 Å². The lowest BCUT2D eigenvalue weighted by Crippen LogP contribution is -2.61. The van der Waals surface area contributed by atoms with E-state index in [0.717, 1.165) is 22.3 Å². The summed E-state index contributed by atoms with van der Waals surface area (Å²) in [5.74, 6) is -8.79. The van der Waals surface area contributed by atoms with E-state index in [9.17, 15) is 43.8 Å². The molecule has 15 atom stereocenters. The van der Waals surface area contributed by atoms with Crippen LogP contribution in [0.3, 0.4) is 0 Å². The van der Waals surface area contributed by atoms with Crippen molar-refractivity contribution in [2.24, 2.45) is 35.5 Å². The van der Waals surface area contributed by atoms with Crippen LogP contribution in [0.5, 0.6) is 0 Å². The molecule has 2 amide bonds. The molecule has 0 unspecified atom stereocenters. The number of aliphatic hydroxyl groups excluding tert-OH is 1. The Balaban J connectivity index is 0.595. The number of nitrogens with one attached hydrogen (secondary N) is 1. The number of ketones is 3. The highest BCUT2D eigenvalue weighted by Crippen LogP contribution is 2.40. The third kappa shape index (κ3) is 30.8. The van der Waals surface area contributed by atoms with Crippen molar-refractivity contribution in [2.45, 2.75) is 212 Å². The number of nitrogens with two attached hydrogens (primary N) is 2. The van der Waals surface area contributed by atoms with Crippen molar-refractivity contribution < 1.29 is 115 Å². The Morgan fingerprint density at radius 3 is 1.99 bits per heavy atom. The molecule has 0 radical (unpaired) electrons. The number of oxazole rings is 1. The summed E-state index contributed by atoms with van der Waals surface area (Å²) in [6.45, 7) is 19.4. The van der Waals surface area contributed by atoms with Gasteiger partial charge in [0.15, 0.2) is 17.0 Å². The molecule has 690 valence electrons. The largest absolute Gasteiger partial charge is 0.460 e. The third-order valence-electron chi connectivity index (χ3n) is 23.6. The highest BCUT2D eigenvalue weighted by molar-refractivity contribution is 6.39. The molecule has 1 aliphatic carbocycles. The minimum absolute atomic E-state index is 0.00493. The van der Waals surface area contributed by atoms with Gasteiger partial charge in [0.1, 0.15) is 59.6 Å². The van der Waals surface area contributed by atoms with Gasteiger partial charge in [-0.3, -0.25) is 28.8 Å². The molecule has 4 aliphatic rings. The highest BCUT2D eigenvalue weighted by Gasteiger charge is 2.53. The lowest BCUT2D eigenvalue weighted by Gasteiger charge is -2.42. The number of nitrogen functional groups attached to an aromatic ring is 2. The summed E-state index contributed by atoms with van der Waals surface area (Å²) in [6, 6.07) is 12.2. The predicted molar refractivity (Wildman–Crippen MR) is 464 cm³/mol. The number of esters is 2. The average Bonchev–Trinajstić information content (AvgIpc) is 1.71. The van der Waals surface area contributed by atoms with E-state index in [1.807, 2.05) is 87.5 Å². The van der Waals surface area contributed by atoms with Gasteiger partial charge in [0.2, 0.25) is 11.7 Å². The maximum absolute atomic E-state index is 14.8. The van der Waals surface area contributed by atoms with Crippen molar-refractivity contribution in [3.8, 4) is 11.3 Å². The molecular formula is C92H133N9O24. The van der Waals surface area contributed by atoms with Gasteiger partial charge in [-0.25, -0.2) is 19.4 Å². The number of methoxy groups -OCH3 is 3. The van der Waals surface area contributed by atoms with E-state index in [0.29, 0.717) is 216 Å². The zero-order valence-corrected chi connectivity index (χ0v) is 74.4. The number of hydrogen-bond acceptors (Lipinski definition) is 30.